The number of carbonyl (C=O) groups excluding carboxylic acids is 2. The number of carbonyl (C=O) groups is 2. The molecule has 2 heterocycles. The number of ketones is 1. The van der Waals surface area contributed by atoms with E-state index in [0.29, 0.717) is 30.0 Å². The molecule has 0 spiro atoms. The van der Waals surface area contributed by atoms with E-state index in [-0.39, 0.29) is 17.5 Å². The van der Waals surface area contributed by atoms with Gasteiger partial charge in [-0.25, -0.2) is 0 Å². The summed E-state index contributed by atoms with van der Waals surface area (Å²) in [5, 5.41) is 0. The van der Waals surface area contributed by atoms with Crippen LogP contribution in [0.5, 0.6) is 5.75 Å². The Hall–Kier alpha value is -2.82. The summed E-state index contributed by atoms with van der Waals surface area (Å²) in [4.78, 5) is 25.9. The van der Waals surface area contributed by atoms with E-state index in [1.54, 1.807) is 36.3 Å². The molecule has 1 saturated heterocycles. The van der Waals surface area contributed by atoms with Crippen LogP contribution in [0.3, 0.4) is 0 Å². The van der Waals surface area contributed by atoms with E-state index in [1.165, 1.54) is 12.3 Å². The molecule has 5 heteroatoms. The van der Waals surface area contributed by atoms with Crippen molar-refractivity contribution in [3.05, 3.63) is 60.2 Å². The lowest BCUT2D eigenvalue weighted by atomic mass is 10.2. The summed E-state index contributed by atoms with van der Waals surface area (Å²) < 4.78 is 10.3. The number of rotatable bonds is 4. The molecule has 1 aliphatic heterocycles. The summed E-state index contributed by atoms with van der Waals surface area (Å²) in [5.41, 5.74) is 1.36. The maximum absolute atomic E-state index is 12.2. The Morgan fingerprint density at radius 2 is 2.14 bits per heavy atom. The topological polar surface area (TPSA) is 59.8 Å². The molecule has 112 valence electrons. The molecule has 0 saturated carbocycles. The fraction of sp³-hybridized carbons (Fsp3) is 0.176. The van der Waals surface area contributed by atoms with Gasteiger partial charge in [-0.1, -0.05) is 6.07 Å². The number of allylic oxidation sites excluding steroid dienone is 2. The lowest BCUT2D eigenvalue weighted by Gasteiger charge is -2.18. The molecule has 0 aliphatic carbocycles. The minimum atomic E-state index is -0.248. The van der Waals surface area contributed by atoms with Crippen LogP contribution in [-0.2, 0) is 4.79 Å². The number of hydrogen-bond acceptors (Lipinski definition) is 4. The summed E-state index contributed by atoms with van der Waals surface area (Å²) in [5.74, 6) is 0.640. The number of amides is 1. The van der Waals surface area contributed by atoms with Crippen molar-refractivity contribution < 1.29 is 18.7 Å². The highest BCUT2D eigenvalue weighted by atomic mass is 16.5. The van der Waals surface area contributed by atoms with Crippen molar-refractivity contribution in [2.75, 3.05) is 12.0 Å². The van der Waals surface area contributed by atoms with Crippen molar-refractivity contribution in [2.45, 2.75) is 12.8 Å². The first-order valence-electron chi connectivity index (χ1n) is 6.94. The average molecular weight is 297 g/mol. The first kappa shape index (κ1) is 14.1. The predicted molar refractivity (Wildman–Crippen MR) is 80.8 cm³/mol. The second-order valence-corrected chi connectivity index (χ2v) is 4.91. The van der Waals surface area contributed by atoms with Gasteiger partial charge in [0.05, 0.1) is 19.1 Å². The Labute approximate surface area is 127 Å². The Morgan fingerprint density at radius 1 is 1.27 bits per heavy atom. The summed E-state index contributed by atoms with van der Waals surface area (Å²) in [6.07, 6.45) is 3.82. The van der Waals surface area contributed by atoms with Gasteiger partial charge in [0, 0.05) is 24.3 Å². The van der Waals surface area contributed by atoms with E-state index in [2.05, 4.69) is 0 Å². The van der Waals surface area contributed by atoms with Gasteiger partial charge in [0.2, 0.25) is 11.7 Å². The van der Waals surface area contributed by atoms with Crippen LogP contribution in [0.4, 0.5) is 5.69 Å². The minimum absolute atomic E-state index is 0.0354. The smallest absolute Gasteiger partial charge is 0.231 e. The third-order valence-corrected chi connectivity index (χ3v) is 3.50. The maximum atomic E-state index is 12.2. The maximum Gasteiger partial charge on any atom is 0.231 e. The van der Waals surface area contributed by atoms with Crippen molar-refractivity contribution in [1.82, 2.24) is 0 Å². The Bertz CT molecular complexity index is 731. The quantitative estimate of drug-likeness (QED) is 0.642. The van der Waals surface area contributed by atoms with Crippen LogP contribution in [0, 0.1) is 0 Å². The zero-order valence-electron chi connectivity index (χ0n) is 12.1. The number of anilines is 1. The molecule has 0 bridgehead atoms. The highest BCUT2D eigenvalue weighted by Gasteiger charge is 2.28. The zero-order chi connectivity index (χ0) is 15.5. The van der Waals surface area contributed by atoms with E-state index in [1.807, 2.05) is 12.1 Å². The SMILES string of the molecule is COc1cccc(N2C(=O)CC/C2=C\C(=O)c2ccco2)c1. The highest BCUT2D eigenvalue weighted by molar-refractivity contribution is 6.06. The molecule has 1 aromatic carbocycles. The molecular weight excluding hydrogens is 282 g/mol. The molecule has 0 unspecified atom stereocenters. The lowest BCUT2D eigenvalue weighted by Crippen LogP contribution is -2.23. The molecule has 1 fully saturated rings. The van der Waals surface area contributed by atoms with E-state index in [9.17, 15) is 9.59 Å². The molecule has 1 aliphatic rings. The Morgan fingerprint density at radius 3 is 2.86 bits per heavy atom. The van der Waals surface area contributed by atoms with Gasteiger partial charge in [-0.05, 0) is 30.7 Å². The molecule has 2 aromatic rings. The van der Waals surface area contributed by atoms with Crippen LogP contribution >= 0.6 is 0 Å². The standard InChI is InChI=1S/C17H15NO4/c1-21-14-5-2-4-12(10-14)18-13(7-8-17(18)20)11-15(19)16-6-3-9-22-16/h2-6,9-11H,7-8H2,1H3/b13-11+. The fourth-order valence-corrected chi connectivity index (χ4v) is 2.46. The summed E-state index contributed by atoms with van der Waals surface area (Å²) >= 11 is 0. The summed E-state index contributed by atoms with van der Waals surface area (Å²) in [6, 6.07) is 10.5. The average Bonchev–Trinajstić information content (AvgIpc) is 3.17. The third-order valence-electron chi connectivity index (χ3n) is 3.50. The van der Waals surface area contributed by atoms with E-state index < -0.39 is 0 Å². The molecule has 1 amide bonds. The van der Waals surface area contributed by atoms with E-state index >= 15 is 0 Å². The van der Waals surface area contributed by atoms with Gasteiger partial charge in [-0.15, -0.1) is 0 Å². The van der Waals surface area contributed by atoms with Gasteiger partial charge in [0.25, 0.3) is 0 Å². The van der Waals surface area contributed by atoms with Gasteiger partial charge in [-0.2, -0.15) is 0 Å². The highest BCUT2D eigenvalue weighted by Crippen LogP contribution is 2.31. The van der Waals surface area contributed by atoms with Gasteiger partial charge < -0.3 is 9.15 Å². The normalized spacial score (nSPS) is 16.3. The first-order chi connectivity index (χ1) is 10.7. The summed E-state index contributed by atoms with van der Waals surface area (Å²) in [7, 11) is 1.57. The van der Waals surface area contributed by atoms with Gasteiger partial charge in [-0.3, -0.25) is 14.5 Å². The second-order valence-electron chi connectivity index (χ2n) is 4.91. The molecule has 3 rings (SSSR count). The fourth-order valence-electron chi connectivity index (χ4n) is 2.46. The van der Waals surface area contributed by atoms with Gasteiger partial charge in [0.1, 0.15) is 5.75 Å². The second kappa shape index (κ2) is 5.89. The van der Waals surface area contributed by atoms with Crippen molar-refractivity contribution in [1.29, 1.82) is 0 Å². The first-order valence-corrected chi connectivity index (χ1v) is 6.94. The Balaban J connectivity index is 1.93. The molecule has 1 aromatic heterocycles. The number of furan rings is 1. The third kappa shape index (κ3) is 2.65. The van der Waals surface area contributed by atoms with Crippen molar-refractivity contribution in [3.63, 3.8) is 0 Å². The van der Waals surface area contributed by atoms with Crippen LogP contribution in [0.15, 0.2) is 58.9 Å². The van der Waals surface area contributed by atoms with Crippen LogP contribution in [0.25, 0.3) is 0 Å². The van der Waals surface area contributed by atoms with E-state index in [4.69, 9.17) is 9.15 Å². The number of methoxy groups -OCH3 is 1. The largest absolute Gasteiger partial charge is 0.497 e. The lowest BCUT2D eigenvalue weighted by molar-refractivity contribution is -0.116. The molecule has 0 radical (unpaired) electrons. The number of hydrogen-bond donors (Lipinski definition) is 0. The van der Waals surface area contributed by atoms with Crippen LogP contribution < -0.4 is 9.64 Å². The molecule has 0 N–H and O–H groups in total. The van der Waals surface area contributed by atoms with Crippen LogP contribution in [0.2, 0.25) is 0 Å². The number of ether oxygens (including phenoxy) is 1. The van der Waals surface area contributed by atoms with Crippen LogP contribution in [0.1, 0.15) is 23.4 Å². The molecule has 5 nitrogen and oxygen atoms in total. The Kier molecular flexibility index (Phi) is 3.78. The van der Waals surface area contributed by atoms with Crippen LogP contribution in [-0.4, -0.2) is 18.8 Å². The zero-order valence-corrected chi connectivity index (χ0v) is 12.1. The molecule has 0 atom stereocenters. The molecule has 22 heavy (non-hydrogen) atoms. The van der Waals surface area contributed by atoms with Crippen molar-refractivity contribution in [3.8, 4) is 5.75 Å². The number of benzene rings is 1. The van der Waals surface area contributed by atoms with Gasteiger partial charge >= 0.3 is 0 Å². The van der Waals surface area contributed by atoms with Crippen molar-refractivity contribution in [2.24, 2.45) is 0 Å². The van der Waals surface area contributed by atoms with Crippen molar-refractivity contribution >= 4 is 17.4 Å². The van der Waals surface area contributed by atoms with E-state index in [0.717, 1.165) is 0 Å². The predicted octanol–water partition coefficient (Wildman–Crippen LogP) is 3.18. The summed E-state index contributed by atoms with van der Waals surface area (Å²) in [6.45, 7) is 0. The monoisotopic (exact) mass is 297 g/mol. The molecular formula is C17H15NO4. The van der Waals surface area contributed by atoms with Gasteiger partial charge in [0.15, 0.2) is 5.76 Å². The number of nitrogens with zero attached hydrogens (tertiary/aromatic N) is 1. The minimum Gasteiger partial charge on any atom is -0.497 e.